The summed E-state index contributed by atoms with van der Waals surface area (Å²) in [5, 5.41) is 0. The van der Waals surface area contributed by atoms with Gasteiger partial charge in [0.25, 0.3) is 0 Å². The van der Waals surface area contributed by atoms with Crippen LogP contribution in [0.4, 0.5) is 0 Å². The molecule has 0 N–H and O–H groups in total. The normalized spacial score (nSPS) is 14.7. The van der Waals surface area contributed by atoms with E-state index in [0.717, 1.165) is 38.5 Å². The number of rotatable bonds is 8. The summed E-state index contributed by atoms with van der Waals surface area (Å²) in [7, 11) is 0. The van der Waals surface area contributed by atoms with Gasteiger partial charge in [0.1, 0.15) is 0 Å². The molecule has 0 aromatic heterocycles. The van der Waals surface area contributed by atoms with Crippen molar-refractivity contribution >= 4 is 5.97 Å². The molecule has 90 valence electrons. The predicted octanol–water partition coefficient (Wildman–Crippen LogP) is 3.94. The molecule has 0 amide bonds. The number of ether oxygens (including phenoxy) is 1. The Morgan fingerprint density at radius 2 is 1.73 bits per heavy atom. The van der Waals surface area contributed by atoms with Gasteiger partial charge in [0.15, 0.2) is 0 Å². The second kappa shape index (κ2) is 7.72. The highest BCUT2D eigenvalue weighted by Gasteiger charge is 2.31. The zero-order chi connectivity index (χ0) is 11.7. The molecule has 1 atom stereocenters. The van der Waals surface area contributed by atoms with Gasteiger partial charge in [-0.25, -0.2) is 0 Å². The SMILES string of the molecule is CCCCOC(=O)C(C)(CC)CCCC. The van der Waals surface area contributed by atoms with Crippen LogP contribution in [-0.2, 0) is 9.53 Å². The quantitative estimate of drug-likeness (QED) is 0.452. The van der Waals surface area contributed by atoms with E-state index in [1.807, 2.05) is 6.92 Å². The number of hydrogen-bond acceptors (Lipinski definition) is 2. The van der Waals surface area contributed by atoms with Gasteiger partial charge in [-0.2, -0.15) is 0 Å². The van der Waals surface area contributed by atoms with Gasteiger partial charge >= 0.3 is 5.97 Å². The largest absolute Gasteiger partial charge is 0.465 e. The van der Waals surface area contributed by atoms with Gasteiger partial charge in [-0.3, -0.25) is 4.79 Å². The third-order valence-electron chi connectivity index (χ3n) is 3.09. The molecule has 0 spiro atoms. The van der Waals surface area contributed by atoms with Gasteiger partial charge in [0.05, 0.1) is 12.0 Å². The summed E-state index contributed by atoms with van der Waals surface area (Å²) in [5.41, 5.74) is -0.260. The first-order valence-corrected chi connectivity index (χ1v) is 6.28. The van der Waals surface area contributed by atoms with E-state index in [0.29, 0.717) is 6.61 Å². The van der Waals surface area contributed by atoms with Crippen molar-refractivity contribution in [2.75, 3.05) is 6.61 Å². The molecule has 0 bridgehead atoms. The Morgan fingerprint density at radius 3 is 2.20 bits per heavy atom. The lowest BCUT2D eigenvalue weighted by atomic mass is 9.82. The molecule has 0 aromatic rings. The van der Waals surface area contributed by atoms with E-state index in [1.165, 1.54) is 0 Å². The van der Waals surface area contributed by atoms with Gasteiger partial charge in [-0.15, -0.1) is 0 Å². The first-order chi connectivity index (χ1) is 7.10. The van der Waals surface area contributed by atoms with Crippen molar-refractivity contribution in [1.29, 1.82) is 0 Å². The van der Waals surface area contributed by atoms with Crippen molar-refractivity contribution in [2.24, 2.45) is 5.41 Å². The highest BCUT2D eigenvalue weighted by atomic mass is 16.5. The second-order valence-electron chi connectivity index (χ2n) is 4.51. The Balaban J connectivity index is 4.06. The minimum atomic E-state index is -0.260. The Morgan fingerprint density at radius 1 is 1.13 bits per heavy atom. The molecule has 0 saturated heterocycles. The lowest BCUT2D eigenvalue weighted by Gasteiger charge is -2.25. The number of carbonyl (C=O) groups is 1. The van der Waals surface area contributed by atoms with Crippen LogP contribution in [0.2, 0.25) is 0 Å². The number of esters is 1. The lowest BCUT2D eigenvalue weighted by Crippen LogP contribution is -2.29. The summed E-state index contributed by atoms with van der Waals surface area (Å²) in [5.74, 6) is -0.00750. The Kier molecular flexibility index (Phi) is 7.45. The van der Waals surface area contributed by atoms with Crippen molar-refractivity contribution in [2.45, 2.75) is 66.2 Å². The first kappa shape index (κ1) is 14.5. The van der Waals surface area contributed by atoms with Crippen LogP contribution in [0, 0.1) is 5.41 Å². The van der Waals surface area contributed by atoms with E-state index in [-0.39, 0.29) is 11.4 Å². The standard InChI is InChI=1S/C13H26O2/c1-5-8-10-13(4,7-3)12(14)15-11-9-6-2/h5-11H2,1-4H3. The summed E-state index contributed by atoms with van der Waals surface area (Å²) in [6.45, 7) is 8.92. The smallest absolute Gasteiger partial charge is 0.311 e. The average molecular weight is 214 g/mol. The molecular weight excluding hydrogens is 188 g/mol. The minimum Gasteiger partial charge on any atom is -0.465 e. The number of carbonyl (C=O) groups excluding carboxylic acids is 1. The zero-order valence-corrected chi connectivity index (χ0v) is 10.8. The predicted molar refractivity (Wildman–Crippen MR) is 63.8 cm³/mol. The van der Waals surface area contributed by atoms with Crippen LogP contribution in [0.5, 0.6) is 0 Å². The zero-order valence-electron chi connectivity index (χ0n) is 10.8. The van der Waals surface area contributed by atoms with Gasteiger partial charge < -0.3 is 4.74 Å². The third kappa shape index (κ3) is 5.19. The molecule has 0 aliphatic heterocycles. The molecule has 1 unspecified atom stereocenters. The highest BCUT2D eigenvalue weighted by Crippen LogP contribution is 2.29. The fraction of sp³-hybridized carbons (Fsp3) is 0.923. The molecule has 0 radical (unpaired) electrons. The average Bonchev–Trinajstić information content (AvgIpc) is 2.26. The topological polar surface area (TPSA) is 26.3 Å². The van der Waals surface area contributed by atoms with Gasteiger partial charge in [-0.05, 0) is 26.2 Å². The number of unbranched alkanes of at least 4 members (excludes halogenated alkanes) is 2. The molecule has 2 nitrogen and oxygen atoms in total. The van der Waals surface area contributed by atoms with E-state index in [9.17, 15) is 4.79 Å². The molecule has 0 rings (SSSR count). The van der Waals surface area contributed by atoms with Crippen molar-refractivity contribution in [3.63, 3.8) is 0 Å². The summed E-state index contributed by atoms with van der Waals surface area (Å²) >= 11 is 0. The fourth-order valence-corrected chi connectivity index (χ4v) is 1.47. The molecule has 0 aliphatic rings. The highest BCUT2D eigenvalue weighted by molar-refractivity contribution is 5.76. The maximum Gasteiger partial charge on any atom is 0.311 e. The van der Waals surface area contributed by atoms with Crippen molar-refractivity contribution < 1.29 is 9.53 Å². The summed E-state index contributed by atoms with van der Waals surface area (Å²) in [6, 6.07) is 0. The van der Waals surface area contributed by atoms with Crippen molar-refractivity contribution in [1.82, 2.24) is 0 Å². The Hall–Kier alpha value is -0.530. The molecule has 0 heterocycles. The summed E-state index contributed by atoms with van der Waals surface area (Å²) in [4.78, 5) is 11.9. The van der Waals surface area contributed by atoms with Crippen LogP contribution < -0.4 is 0 Å². The maximum absolute atomic E-state index is 11.9. The molecule has 2 heteroatoms. The minimum absolute atomic E-state index is 0.00750. The first-order valence-electron chi connectivity index (χ1n) is 6.28. The third-order valence-corrected chi connectivity index (χ3v) is 3.09. The van der Waals surface area contributed by atoms with E-state index >= 15 is 0 Å². The van der Waals surface area contributed by atoms with Crippen LogP contribution in [0.3, 0.4) is 0 Å². The summed E-state index contributed by atoms with van der Waals surface area (Å²) in [6.07, 6.45) is 6.11. The maximum atomic E-state index is 11.9. The van der Waals surface area contributed by atoms with E-state index < -0.39 is 0 Å². The monoisotopic (exact) mass is 214 g/mol. The van der Waals surface area contributed by atoms with Gasteiger partial charge in [-0.1, -0.05) is 40.0 Å². The van der Waals surface area contributed by atoms with Crippen LogP contribution in [0.1, 0.15) is 66.2 Å². The van der Waals surface area contributed by atoms with Crippen LogP contribution in [-0.4, -0.2) is 12.6 Å². The fourth-order valence-electron chi connectivity index (χ4n) is 1.47. The van der Waals surface area contributed by atoms with Crippen molar-refractivity contribution in [3.05, 3.63) is 0 Å². The lowest BCUT2D eigenvalue weighted by molar-refractivity contribution is -0.155. The number of hydrogen-bond donors (Lipinski definition) is 0. The molecule has 0 aliphatic carbocycles. The van der Waals surface area contributed by atoms with Gasteiger partial charge in [0, 0.05) is 0 Å². The Labute approximate surface area is 94.4 Å². The van der Waals surface area contributed by atoms with E-state index in [4.69, 9.17) is 4.74 Å². The van der Waals surface area contributed by atoms with Crippen LogP contribution >= 0.6 is 0 Å². The second-order valence-corrected chi connectivity index (χ2v) is 4.51. The summed E-state index contributed by atoms with van der Waals surface area (Å²) < 4.78 is 5.30. The molecule has 15 heavy (non-hydrogen) atoms. The molecule has 0 aromatic carbocycles. The van der Waals surface area contributed by atoms with E-state index in [1.54, 1.807) is 0 Å². The van der Waals surface area contributed by atoms with Gasteiger partial charge in [0.2, 0.25) is 0 Å². The molecule has 0 fully saturated rings. The molecule has 0 saturated carbocycles. The van der Waals surface area contributed by atoms with Crippen LogP contribution in [0.15, 0.2) is 0 Å². The Bertz CT molecular complexity index is 177. The van der Waals surface area contributed by atoms with Crippen LogP contribution in [0.25, 0.3) is 0 Å². The molecular formula is C13H26O2. The van der Waals surface area contributed by atoms with Crippen molar-refractivity contribution in [3.8, 4) is 0 Å². The van der Waals surface area contributed by atoms with E-state index in [2.05, 4.69) is 20.8 Å².